The molecule has 0 spiro atoms. The molecule has 1 aliphatic rings. The molecule has 1 heterocycles. The summed E-state index contributed by atoms with van der Waals surface area (Å²) in [5, 5.41) is 4.58. The summed E-state index contributed by atoms with van der Waals surface area (Å²) in [6, 6.07) is 0.779. The van der Waals surface area contributed by atoms with Crippen molar-refractivity contribution < 1.29 is 0 Å². The zero-order chi connectivity index (χ0) is 11.1. The van der Waals surface area contributed by atoms with Gasteiger partial charge in [0.05, 0.1) is 0 Å². The Morgan fingerprint density at radius 1 is 1.33 bits per heavy atom. The van der Waals surface area contributed by atoms with Crippen LogP contribution < -0.4 is 5.32 Å². The molecule has 15 heavy (non-hydrogen) atoms. The largest absolute Gasteiger partial charge is 0.313 e. The molecule has 1 saturated heterocycles. The Hall–Kier alpha value is 0.310. The van der Waals surface area contributed by atoms with Crippen molar-refractivity contribution in [2.45, 2.75) is 64.2 Å². The number of thioether (sulfide) groups is 1. The van der Waals surface area contributed by atoms with Crippen LogP contribution >= 0.6 is 11.8 Å². The first-order valence-electron chi connectivity index (χ1n) is 6.59. The maximum Gasteiger partial charge on any atom is 0.0201 e. The summed E-state index contributed by atoms with van der Waals surface area (Å²) in [7, 11) is 0. The van der Waals surface area contributed by atoms with Crippen molar-refractivity contribution in [2.24, 2.45) is 5.92 Å². The van der Waals surface area contributed by atoms with Gasteiger partial charge in [0, 0.05) is 11.3 Å². The van der Waals surface area contributed by atoms with Gasteiger partial charge in [-0.15, -0.1) is 0 Å². The van der Waals surface area contributed by atoms with Gasteiger partial charge in [-0.3, -0.25) is 0 Å². The van der Waals surface area contributed by atoms with Crippen LogP contribution in [0.3, 0.4) is 0 Å². The lowest BCUT2D eigenvalue weighted by atomic mass is 9.99. The molecule has 1 rings (SSSR count). The van der Waals surface area contributed by atoms with Crippen LogP contribution in [0.1, 0.15) is 52.9 Å². The van der Waals surface area contributed by atoms with E-state index in [-0.39, 0.29) is 0 Å². The molecule has 2 heteroatoms. The van der Waals surface area contributed by atoms with E-state index in [2.05, 4.69) is 37.8 Å². The Bertz CT molecular complexity index is 153. The highest BCUT2D eigenvalue weighted by atomic mass is 32.2. The standard InChI is InChI=1S/C13H27NS/c1-4-14-12(8-5-7-11(2)3)13-9-6-10-15-13/h11-14H,4-10H2,1-3H3. The molecule has 1 fully saturated rings. The van der Waals surface area contributed by atoms with Crippen molar-refractivity contribution in [3.63, 3.8) is 0 Å². The molecule has 0 amide bonds. The van der Waals surface area contributed by atoms with E-state index in [1.807, 2.05) is 0 Å². The molecule has 0 aliphatic carbocycles. The molecular formula is C13H27NS. The molecular weight excluding hydrogens is 202 g/mol. The summed E-state index contributed by atoms with van der Waals surface area (Å²) >= 11 is 2.19. The third kappa shape index (κ3) is 5.26. The average Bonchev–Trinajstić information content (AvgIpc) is 2.68. The van der Waals surface area contributed by atoms with E-state index in [9.17, 15) is 0 Å². The molecule has 2 atom stereocenters. The second-order valence-corrected chi connectivity index (χ2v) is 6.39. The van der Waals surface area contributed by atoms with E-state index >= 15 is 0 Å². The van der Waals surface area contributed by atoms with Gasteiger partial charge in [-0.2, -0.15) is 11.8 Å². The molecule has 0 aromatic heterocycles. The molecule has 1 aliphatic heterocycles. The lowest BCUT2D eigenvalue weighted by molar-refractivity contribution is 0.429. The van der Waals surface area contributed by atoms with E-state index in [1.54, 1.807) is 0 Å². The number of rotatable bonds is 7. The average molecular weight is 229 g/mol. The van der Waals surface area contributed by atoms with Crippen LogP contribution in [-0.4, -0.2) is 23.6 Å². The van der Waals surface area contributed by atoms with Crippen LogP contribution in [0.5, 0.6) is 0 Å². The van der Waals surface area contributed by atoms with Crippen molar-refractivity contribution in [2.75, 3.05) is 12.3 Å². The van der Waals surface area contributed by atoms with Crippen molar-refractivity contribution in [1.82, 2.24) is 5.32 Å². The molecule has 2 unspecified atom stereocenters. The smallest absolute Gasteiger partial charge is 0.0201 e. The number of hydrogen-bond acceptors (Lipinski definition) is 2. The van der Waals surface area contributed by atoms with E-state index < -0.39 is 0 Å². The minimum absolute atomic E-state index is 0.779. The third-order valence-electron chi connectivity index (χ3n) is 3.18. The molecule has 0 aromatic rings. The minimum atomic E-state index is 0.779. The second kappa shape index (κ2) is 7.56. The normalized spacial score (nSPS) is 23.6. The van der Waals surface area contributed by atoms with E-state index in [4.69, 9.17) is 0 Å². The highest BCUT2D eigenvalue weighted by Crippen LogP contribution is 2.30. The van der Waals surface area contributed by atoms with Crippen molar-refractivity contribution in [3.8, 4) is 0 Å². The van der Waals surface area contributed by atoms with E-state index in [1.165, 1.54) is 37.9 Å². The number of hydrogen-bond donors (Lipinski definition) is 1. The fraction of sp³-hybridized carbons (Fsp3) is 1.00. The Balaban J connectivity index is 2.23. The van der Waals surface area contributed by atoms with E-state index in [0.29, 0.717) is 0 Å². The molecule has 0 radical (unpaired) electrons. The molecule has 1 nitrogen and oxygen atoms in total. The van der Waals surface area contributed by atoms with E-state index in [0.717, 1.165) is 23.8 Å². The Kier molecular flexibility index (Phi) is 6.74. The molecule has 0 aromatic carbocycles. The summed E-state index contributed by atoms with van der Waals surface area (Å²) < 4.78 is 0. The highest BCUT2D eigenvalue weighted by molar-refractivity contribution is 8.00. The summed E-state index contributed by atoms with van der Waals surface area (Å²) in [5.41, 5.74) is 0. The first kappa shape index (κ1) is 13.4. The first-order chi connectivity index (χ1) is 7.24. The lowest BCUT2D eigenvalue weighted by Gasteiger charge is -2.24. The summed E-state index contributed by atoms with van der Waals surface area (Å²) in [5.74, 6) is 2.25. The van der Waals surface area contributed by atoms with Gasteiger partial charge in [0.25, 0.3) is 0 Å². The van der Waals surface area contributed by atoms with Gasteiger partial charge in [0.1, 0.15) is 0 Å². The SMILES string of the molecule is CCNC(CCCC(C)C)C1CCCS1. The van der Waals surface area contributed by atoms with Gasteiger partial charge in [-0.1, -0.05) is 33.6 Å². The zero-order valence-corrected chi connectivity index (χ0v) is 11.4. The number of nitrogens with one attached hydrogen (secondary N) is 1. The van der Waals surface area contributed by atoms with Crippen molar-refractivity contribution in [3.05, 3.63) is 0 Å². The van der Waals surface area contributed by atoms with Gasteiger partial charge in [-0.05, 0) is 37.5 Å². The maximum atomic E-state index is 3.68. The van der Waals surface area contributed by atoms with Gasteiger partial charge in [0.2, 0.25) is 0 Å². The van der Waals surface area contributed by atoms with Gasteiger partial charge < -0.3 is 5.32 Å². The van der Waals surface area contributed by atoms with Crippen LogP contribution in [0.15, 0.2) is 0 Å². The van der Waals surface area contributed by atoms with Crippen LogP contribution in [0.25, 0.3) is 0 Å². The summed E-state index contributed by atoms with van der Waals surface area (Å²) in [4.78, 5) is 0. The predicted octanol–water partition coefficient (Wildman–Crippen LogP) is 3.69. The topological polar surface area (TPSA) is 12.0 Å². The second-order valence-electron chi connectivity index (χ2n) is 5.04. The first-order valence-corrected chi connectivity index (χ1v) is 7.64. The summed E-state index contributed by atoms with van der Waals surface area (Å²) in [6.07, 6.45) is 7.03. The van der Waals surface area contributed by atoms with Crippen molar-refractivity contribution >= 4 is 11.8 Å². The fourth-order valence-electron chi connectivity index (χ4n) is 2.35. The third-order valence-corrected chi connectivity index (χ3v) is 4.69. The lowest BCUT2D eigenvalue weighted by Crippen LogP contribution is -2.37. The monoisotopic (exact) mass is 229 g/mol. The molecule has 90 valence electrons. The summed E-state index contributed by atoms with van der Waals surface area (Å²) in [6.45, 7) is 8.01. The minimum Gasteiger partial charge on any atom is -0.313 e. The van der Waals surface area contributed by atoms with Crippen molar-refractivity contribution in [1.29, 1.82) is 0 Å². The van der Waals surface area contributed by atoms with Crippen LogP contribution in [0, 0.1) is 5.92 Å². The zero-order valence-electron chi connectivity index (χ0n) is 10.6. The Labute approximate surface area is 99.8 Å². The highest BCUT2D eigenvalue weighted by Gasteiger charge is 2.24. The van der Waals surface area contributed by atoms with Crippen LogP contribution in [0.4, 0.5) is 0 Å². The quantitative estimate of drug-likeness (QED) is 0.714. The molecule has 1 N–H and O–H groups in total. The molecule has 0 bridgehead atoms. The fourth-order valence-corrected chi connectivity index (χ4v) is 3.78. The maximum absolute atomic E-state index is 3.68. The van der Waals surface area contributed by atoms with Crippen LogP contribution in [0.2, 0.25) is 0 Å². The van der Waals surface area contributed by atoms with Gasteiger partial charge in [-0.25, -0.2) is 0 Å². The predicted molar refractivity (Wildman–Crippen MR) is 71.6 cm³/mol. The van der Waals surface area contributed by atoms with Gasteiger partial charge in [0.15, 0.2) is 0 Å². The van der Waals surface area contributed by atoms with Crippen LogP contribution in [-0.2, 0) is 0 Å². The Morgan fingerprint density at radius 3 is 2.67 bits per heavy atom. The van der Waals surface area contributed by atoms with Gasteiger partial charge >= 0.3 is 0 Å². The Morgan fingerprint density at radius 2 is 2.13 bits per heavy atom. The molecule has 0 saturated carbocycles.